The first-order valence-electron chi connectivity index (χ1n) is 7.42. The third kappa shape index (κ3) is 5.55. The third-order valence-electron chi connectivity index (χ3n) is 3.60. The predicted octanol–water partition coefficient (Wildman–Crippen LogP) is 0.764. The summed E-state index contributed by atoms with van der Waals surface area (Å²) in [6.45, 7) is 0. The Labute approximate surface area is 158 Å². The molecule has 5 nitrogen and oxygen atoms in total. The van der Waals surface area contributed by atoms with Gasteiger partial charge in [0.15, 0.2) is 0 Å². The molecule has 2 rings (SSSR count). The summed E-state index contributed by atoms with van der Waals surface area (Å²) >= 11 is 0.904. The molecule has 0 aromatic heterocycles. The minimum absolute atomic E-state index is 0.0737. The minimum Gasteiger partial charge on any atom is -0.631 e. The van der Waals surface area contributed by atoms with Crippen LogP contribution in [0.25, 0.3) is 0 Å². The first-order chi connectivity index (χ1) is 11.9. The van der Waals surface area contributed by atoms with E-state index in [-0.39, 0.29) is 5.25 Å². The van der Waals surface area contributed by atoms with E-state index < -0.39 is 23.0 Å². The second-order valence-electron chi connectivity index (χ2n) is 5.40. The standard InChI is InChI=1S/C16H17BN2O3S3/c17-25(22)13-7-3-11(4-8-13)15(23-9-14(18)16(19)20)10-1-5-12(24-21)6-2-10/h1-8,14-15H,9,17-18H2,(H-,19,20)/p+1. The van der Waals surface area contributed by atoms with E-state index in [0.29, 0.717) is 22.3 Å². The van der Waals surface area contributed by atoms with Crippen LogP contribution in [0.1, 0.15) is 16.4 Å². The van der Waals surface area contributed by atoms with Gasteiger partial charge in [0.2, 0.25) is 5.91 Å². The fourth-order valence-electron chi connectivity index (χ4n) is 2.20. The summed E-state index contributed by atoms with van der Waals surface area (Å²) < 4.78 is 22.5. The summed E-state index contributed by atoms with van der Waals surface area (Å²) in [6, 6.07) is 14.1. The van der Waals surface area contributed by atoms with Crippen LogP contribution >= 0.6 is 11.8 Å². The van der Waals surface area contributed by atoms with Crippen molar-refractivity contribution >= 4 is 47.5 Å². The molecule has 1 amide bonds. The number of hydrogen-bond donors (Lipinski definition) is 2. The number of rotatable bonds is 8. The lowest BCUT2D eigenvalue weighted by Gasteiger charge is -2.19. The summed E-state index contributed by atoms with van der Waals surface area (Å²) in [5.74, 6) is -0.166. The normalized spacial score (nSPS) is 14.5. The lowest BCUT2D eigenvalue weighted by Crippen LogP contribution is -2.38. The number of carbonyl (C=O) groups is 1. The molecule has 3 atom stereocenters. The van der Waals surface area contributed by atoms with E-state index in [2.05, 4.69) is 0 Å². The Morgan fingerprint density at radius 1 is 1.16 bits per heavy atom. The minimum atomic E-state index is -1.04. The first kappa shape index (κ1) is 19.9. The summed E-state index contributed by atoms with van der Waals surface area (Å²) in [6.07, 6.45) is 0. The Kier molecular flexibility index (Phi) is 7.46. The van der Waals surface area contributed by atoms with Crippen molar-refractivity contribution in [2.45, 2.75) is 21.1 Å². The Balaban J connectivity index is 2.29. The molecule has 4 N–H and O–H groups in total. The van der Waals surface area contributed by atoms with Crippen LogP contribution < -0.4 is 11.5 Å². The van der Waals surface area contributed by atoms with Gasteiger partial charge in [0.05, 0.1) is 11.3 Å². The molecule has 0 spiro atoms. The average molecular weight is 393 g/mol. The Morgan fingerprint density at radius 2 is 1.68 bits per heavy atom. The highest BCUT2D eigenvalue weighted by atomic mass is 32.2. The van der Waals surface area contributed by atoms with Crippen LogP contribution in [-0.2, 0) is 31.7 Å². The van der Waals surface area contributed by atoms with Crippen molar-refractivity contribution in [3.05, 3.63) is 59.7 Å². The SMILES string of the molecule is B[S+]([O-])c1ccc(C(SCC(N)C(N)=O)c2ccc([S+]=O)cc2)cc1. The lowest BCUT2D eigenvalue weighted by molar-refractivity contribution is -0.118. The van der Waals surface area contributed by atoms with Crippen LogP contribution in [0.5, 0.6) is 0 Å². The lowest BCUT2D eigenvalue weighted by atomic mass is 10.0. The van der Waals surface area contributed by atoms with Gasteiger partial charge in [-0.25, -0.2) is 0 Å². The van der Waals surface area contributed by atoms with E-state index in [1.54, 1.807) is 19.3 Å². The summed E-state index contributed by atoms with van der Waals surface area (Å²) in [5.41, 5.74) is 13.0. The van der Waals surface area contributed by atoms with E-state index in [9.17, 15) is 13.6 Å². The predicted molar refractivity (Wildman–Crippen MR) is 106 cm³/mol. The van der Waals surface area contributed by atoms with Gasteiger partial charge in [-0.1, -0.05) is 35.3 Å². The van der Waals surface area contributed by atoms with Crippen molar-refractivity contribution in [3.8, 4) is 0 Å². The van der Waals surface area contributed by atoms with Crippen molar-refractivity contribution in [3.63, 3.8) is 0 Å². The number of hydrogen-bond acceptors (Lipinski definition) is 5. The molecule has 0 bridgehead atoms. The molecule has 2 aromatic carbocycles. The second-order valence-corrected chi connectivity index (χ2v) is 8.55. The maximum atomic E-state index is 11.6. The zero-order chi connectivity index (χ0) is 18.4. The number of primary amides is 1. The molecule has 0 heterocycles. The van der Waals surface area contributed by atoms with E-state index in [0.717, 1.165) is 16.0 Å². The largest absolute Gasteiger partial charge is 0.631 e. The van der Waals surface area contributed by atoms with Crippen LogP contribution in [0, 0.1) is 0 Å². The van der Waals surface area contributed by atoms with Gasteiger partial charge in [-0.3, -0.25) is 4.79 Å². The molecule has 130 valence electrons. The molecule has 0 radical (unpaired) electrons. The molecule has 0 fully saturated rings. The third-order valence-corrected chi connectivity index (χ3v) is 6.43. The second kappa shape index (κ2) is 9.35. The smallest absolute Gasteiger partial charge is 0.505 e. The highest BCUT2D eigenvalue weighted by Gasteiger charge is 2.20. The van der Waals surface area contributed by atoms with Crippen molar-refractivity contribution in [2.75, 3.05) is 5.75 Å². The molecule has 2 aromatic rings. The number of amides is 1. The van der Waals surface area contributed by atoms with Gasteiger partial charge in [0.1, 0.15) is 4.90 Å². The molecule has 0 saturated carbocycles. The number of benzene rings is 2. The molecule has 25 heavy (non-hydrogen) atoms. The van der Waals surface area contributed by atoms with Crippen LogP contribution in [0.3, 0.4) is 0 Å². The summed E-state index contributed by atoms with van der Waals surface area (Å²) in [7, 11) is 1.63. The quantitative estimate of drug-likeness (QED) is 0.509. The molecule has 0 aliphatic carbocycles. The van der Waals surface area contributed by atoms with Crippen molar-refractivity contribution in [1.29, 1.82) is 0 Å². The van der Waals surface area contributed by atoms with Gasteiger partial charge in [-0.2, -0.15) is 0 Å². The Bertz CT molecular complexity index is 726. The van der Waals surface area contributed by atoms with E-state index in [1.807, 2.05) is 36.4 Å². The van der Waals surface area contributed by atoms with Crippen molar-refractivity contribution < 1.29 is 13.6 Å². The van der Waals surface area contributed by atoms with Crippen LogP contribution in [0.4, 0.5) is 0 Å². The maximum absolute atomic E-state index is 11.6. The molecule has 0 aliphatic rings. The Morgan fingerprint density at radius 3 is 2.12 bits per heavy atom. The number of carbonyl (C=O) groups excluding carboxylic acids is 1. The van der Waals surface area contributed by atoms with Crippen LogP contribution in [-0.4, -0.2) is 29.4 Å². The van der Waals surface area contributed by atoms with Crippen LogP contribution in [0.2, 0.25) is 0 Å². The molecule has 0 saturated heterocycles. The van der Waals surface area contributed by atoms with Crippen molar-refractivity contribution in [1.82, 2.24) is 0 Å². The summed E-state index contributed by atoms with van der Waals surface area (Å²) in [5, 5.41) is -0.0737. The molecular formula is C16H18BN2O3S3+. The average Bonchev–Trinajstić information content (AvgIpc) is 2.62. The number of thioether (sulfide) groups is 1. The first-order valence-corrected chi connectivity index (χ1v) is 10.8. The highest BCUT2D eigenvalue weighted by molar-refractivity contribution is 8.12. The summed E-state index contributed by atoms with van der Waals surface area (Å²) in [4.78, 5) is 12.6. The fraction of sp³-hybridized carbons (Fsp3) is 0.188. The van der Waals surface area contributed by atoms with Gasteiger partial charge in [-0.05, 0) is 23.3 Å². The zero-order valence-corrected chi connectivity index (χ0v) is 16.0. The zero-order valence-electron chi connectivity index (χ0n) is 13.6. The molecule has 0 aliphatic heterocycles. The fourth-order valence-corrected chi connectivity index (χ4v) is 4.23. The highest BCUT2D eigenvalue weighted by Crippen LogP contribution is 2.36. The van der Waals surface area contributed by atoms with Crippen molar-refractivity contribution in [2.24, 2.45) is 11.5 Å². The van der Waals surface area contributed by atoms with E-state index in [1.165, 1.54) is 11.8 Å². The van der Waals surface area contributed by atoms with Crippen LogP contribution in [0.15, 0.2) is 58.3 Å². The Hall–Kier alpha value is -1.39. The monoisotopic (exact) mass is 393 g/mol. The molecule has 9 heteroatoms. The number of nitrogens with two attached hydrogens (primary N) is 2. The van der Waals surface area contributed by atoms with E-state index >= 15 is 0 Å². The maximum Gasteiger partial charge on any atom is 0.505 e. The van der Waals surface area contributed by atoms with Gasteiger partial charge in [0, 0.05) is 22.1 Å². The molecule has 3 unspecified atom stereocenters. The van der Waals surface area contributed by atoms with Gasteiger partial charge in [-0.15, -0.1) is 11.8 Å². The van der Waals surface area contributed by atoms with Gasteiger partial charge in [0.25, 0.3) is 4.90 Å². The topological polar surface area (TPSA) is 109 Å². The van der Waals surface area contributed by atoms with E-state index in [4.69, 9.17) is 11.5 Å². The van der Waals surface area contributed by atoms with Gasteiger partial charge >= 0.3 is 18.8 Å². The molecular weight excluding hydrogens is 375 g/mol. The van der Waals surface area contributed by atoms with Gasteiger partial charge < -0.3 is 16.0 Å².